The molecule has 0 N–H and O–H groups in total. The summed E-state index contributed by atoms with van der Waals surface area (Å²) in [6, 6.07) is 6.81. The van der Waals surface area contributed by atoms with Gasteiger partial charge in [-0.15, -0.1) is 11.3 Å². The van der Waals surface area contributed by atoms with Crippen LogP contribution in [0.5, 0.6) is 0 Å². The summed E-state index contributed by atoms with van der Waals surface area (Å²) in [6.07, 6.45) is 1.98. The zero-order valence-corrected chi connectivity index (χ0v) is 15.8. The van der Waals surface area contributed by atoms with Crippen molar-refractivity contribution in [2.45, 2.75) is 32.7 Å². The van der Waals surface area contributed by atoms with Crippen molar-refractivity contribution in [1.82, 2.24) is 14.4 Å². The molecule has 0 amide bonds. The summed E-state index contributed by atoms with van der Waals surface area (Å²) in [5, 5.41) is 9.12. The Kier molecular flexibility index (Phi) is 4.40. The molecule has 6 nitrogen and oxygen atoms in total. The van der Waals surface area contributed by atoms with Gasteiger partial charge in [-0.05, 0) is 32.4 Å². The normalized spacial score (nSPS) is 18.4. The van der Waals surface area contributed by atoms with Crippen molar-refractivity contribution in [1.29, 1.82) is 5.26 Å². The fourth-order valence-corrected chi connectivity index (χ4v) is 4.46. The molecule has 3 heterocycles. The van der Waals surface area contributed by atoms with Gasteiger partial charge in [0, 0.05) is 29.1 Å². The van der Waals surface area contributed by atoms with Gasteiger partial charge >= 0.3 is 0 Å². The Morgan fingerprint density at radius 3 is 2.93 bits per heavy atom. The number of hydrogen-bond donors (Lipinski definition) is 0. The first kappa shape index (κ1) is 17.6. The largest absolute Gasteiger partial charge is 0.351 e. The predicted molar refractivity (Wildman–Crippen MR) is 101 cm³/mol. The summed E-state index contributed by atoms with van der Waals surface area (Å²) < 4.78 is 14.8. The van der Waals surface area contributed by atoms with Crippen molar-refractivity contribution in [2.75, 3.05) is 11.4 Å². The van der Waals surface area contributed by atoms with Gasteiger partial charge in [0.15, 0.2) is 4.96 Å². The van der Waals surface area contributed by atoms with Gasteiger partial charge < -0.3 is 4.90 Å². The molecule has 1 fully saturated rings. The first-order chi connectivity index (χ1) is 13.0. The van der Waals surface area contributed by atoms with Crippen LogP contribution in [0.25, 0.3) is 4.96 Å². The number of anilines is 1. The second-order valence-corrected chi connectivity index (χ2v) is 7.86. The molecule has 27 heavy (non-hydrogen) atoms. The zero-order chi connectivity index (χ0) is 19.1. The third-order valence-electron chi connectivity index (χ3n) is 4.86. The molecular formula is C19H18FN5OS. The fourth-order valence-electron chi connectivity index (χ4n) is 3.40. The van der Waals surface area contributed by atoms with E-state index in [-0.39, 0.29) is 23.2 Å². The minimum atomic E-state index is -0.384. The van der Waals surface area contributed by atoms with Gasteiger partial charge in [0.1, 0.15) is 11.6 Å². The molecular weight excluding hydrogens is 365 g/mol. The molecule has 0 aliphatic heterocycles. The van der Waals surface area contributed by atoms with Crippen LogP contribution in [0.3, 0.4) is 0 Å². The summed E-state index contributed by atoms with van der Waals surface area (Å²) in [6.45, 7) is 5.01. The van der Waals surface area contributed by atoms with E-state index < -0.39 is 0 Å². The molecule has 0 bridgehead atoms. The van der Waals surface area contributed by atoms with Gasteiger partial charge in [0.05, 0.1) is 30.4 Å². The minimum absolute atomic E-state index is 0.00629. The number of rotatable bonds is 5. The van der Waals surface area contributed by atoms with E-state index in [4.69, 9.17) is 5.26 Å². The molecule has 0 saturated heterocycles. The highest BCUT2D eigenvalue weighted by atomic mass is 32.1. The maximum Gasteiger partial charge on any atom is 0.259 e. The number of thiazole rings is 1. The third kappa shape index (κ3) is 3.19. The quantitative estimate of drug-likeness (QED) is 0.676. The lowest BCUT2D eigenvalue weighted by Gasteiger charge is -2.21. The van der Waals surface area contributed by atoms with Gasteiger partial charge in [-0.2, -0.15) is 5.26 Å². The Hall–Kier alpha value is -2.79. The van der Waals surface area contributed by atoms with E-state index in [1.54, 1.807) is 16.5 Å². The fraction of sp³-hybridized carbons (Fsp3) is 0.368. The molecule has 1 aliphatic carbocycles. The molecule has 4 rings (SSSR count). The Labute approximate surface area is 159 Å². The summed E-state index contributed by atoms with van der Waals surface area (Å²) in [4.78, 5) is 25.2. The van der Waals surface area contributed by atoms with E-state index in [0.29, 0.717) is 29.6 Å². The van der Waals surface area contributed by atoms with E-state index in [0.717, 1.165) is 17.0 Å². The van der Waals surface area contributed by atoms with E-state index in [9.17, 15) is 9.18 Å². The van der Waals surface area contributed by atoms with Crippen LogP contribution < -0.4 is 10.5 Å². The molecule has 0 radical (unpaired) electrons. The zero-order valence-electron chi connectivity index (χ0n) is 15.0. The molecule has 0 spiro atoms. The van der Waals surface area contributed by atoms with Crippen LogP contribution in [-0.4, -0.2) is 20.9 Å². The number of aromatic nitrogens is 3. The van der Waals surface area contributed by atoms with Crippen LogP contribution in [-0.2, 0) is 6.54 Å². The highest BCUT2D eigenvalue weighted by Gasteiger charge is 2.42. The van der Waals surface area contributed by atoms with E-state index in [1.165, 1.54) is 23.6 Å². The molecule has 3 aromatic heterocycles. The molecule has 0 aromatic carbocycles. The standard InChI is InChI=1S/C19H18FN5OS/c1-3-24(16-5-4-13(20)9-22-16)10-14-7-17(26)25-18(15-6-12(15)8-21)11(2)27-19(25)23-14/h4-5,7,9,12,15H,3,6,10H2,1-2H3. The van der Waals surface area contributed by atoms with Crippen molar-refractivity contribution in [3.63, 3.8) is 0 Å². The van der Waals surface area contributed by atoms with Crippen LogP contribution in [0.2, 0.25) is 0 Å². The molecule has 2 unspecified atom stereocenters. The number of fused-ring (bicyclic) bond motifs is 1. The van der Waals surface area contributed by atoms with Crippen LogP contribution in [0.15, 0.2) is 29.2 Å². The lowest BCUT2D eigenvalue weighted by Crippen LogP contribution is -2.25. The lowest BCUT2D eigenvalue weighted by molar-refractivity contribution is 0.620. The first-order valence-corrected chi connectivity index (χ1v) is 9.61. The molecule has 1 saturated carbocycles. The van der Waals surface area contributed by atoms with Crippen LogP contribution >= 0.6 is 11.3 Å². The van der Waals surface area contributed by atoms with Crippen molar-refractivity contribution in [2.24, 2.45) is 5.92 Å². The predicted octanol–water partition coefficient (Wildman–Crippen LogP) is 3.25. The summed E-state index contributed by atoms with van der Waals surface area (Å²) in [5.74, 6) is 0.376. The summed E-state index contributed by atoms with van der Waals surface area (Å²) >= 11 is 1.48. The van der Waals surface area contributed by atoms with Crippen molar-refractivity contribution < 1.29 is 4.39 Å². The first-order valence-electron chi connectivity index (χ1n) is 8.80. The number of hydrogen-bond acceptors (Lipinski definition) is 6. The van der Waals surface area contributed by atoms with E-state index in [1.807, 2.05) is 18.7 Å². The highest BCUT2D eigenvalue weighted by Crippen LogP contribution is 2.48. The van der Waals surface area contributed by atoms with Crippen molar-refractivity contribution in [3.05, 3.63) is 56.8 Å². The van der Waals surface area contributed by atoms with E-state index in [2.05, 4.69) is 16.0 Å². The topological polar surface area (TPSA) is 74.3 Å². The Morgan fingerprint density at radius 1 is 1.48 bits per heavy atom. The number of nitriles is 1. The second kappa shape index (κ2) is 6.74. The van der Waals surface area contributed by atoms with Crippen molar-refractivity contribution in [3.8, 4) is 6.07 Å². The number of aryl methyl sites for hydroxylation is 1. The number of halogens is 1. The molecule has 3 aromatic rings. The Morgan fingerprint density at radius 2 is 2.30 bits per heavy atom. The molecule has 2 atom stereocenters. The maximum absolute atomic E-state index is 13.1. The van der Waals surface area contributed by atoms with Gasteiger partial charge in [-0.3, -0.25) is 9.20 Å². The monoisotopic (exact) mass is 383 g/mol. The summed E-state index contributed by atoms with van der Waals surface area (Å²) in [5.41, 5.74) is 1.45. The van der Waals surface area contributed by atoms with Gasteiger partial charge in [-0.1, -0.05) is 0 Å². The molecule has 1 aliphatic rings. The average Bonchev–Trinajstić information content (AvgIpc) is 3.35. The van der Waals surface area contributed by atoms with Crippen LogP contribution in [0.4, 0.5) is 10.2 Å². The Bertz CT molecular complexity index is 1100. The smallest absolute Gasteiger partial charge is 0.259 e. The third-order valence-corrected chi connectivity index (χ3v) is 5.84. The minimum Gasteiger partial charge on any atom is -0.351 e. The van der Waals surface area contributed by atoms with Crippen LogP contribution in [0, 0.1) is 30.0 Å². The van der Waals surface area contributed by atoms with Gasteiger partial charge in [-0.25, -0.2) is 14.4 Å². The van der Waals surface area contributed by atoms with Gasteiger partial charge in [0.2, 0.25) is 0 Å². The Balaban J connectivity index is 1.68. The van der Waals surface area contributed by atoms with Crippen molar-refractivity contribution >= 4 is 22.1 Å². The SMILES string of the molecule is CCN(Cc1cc(=O)n2c(C3CC3C#N)c(C)sc2n1)c1ccc(F)cn1. The second-order valence-electron chi connectivity index (χ2n) is 6.67. The number of pyridine rings is 1. The average molecular weight is 383 g/mol. The van der Waals surface area contributed by atoms with E-state index >= 15 is 0 Å². The maximum atomic E-state index is 13.1. The molecule has 138 valence electrons. The number of nitrogens with zero attached hydrogens (tertiary/aromatic N) is 5. The van der Waals surface area contributed by atoms with Gasteiger partial charge in [0.25, 0.3) is 5.56 Å². The molecule has 8 heteroatoms. The van der Waals surface area contributed by atoms with Crippen LogP contribution in [0.1, 0.15) is 35.5 Å². The highest BCUT2D eigenvalue weighted by molar-refractivity contribution is 7.17. The lowest BCUT2D eigenvalue weighted by atomic mass is 10.2. The summed E-state index contributed by atoms with van der Waals surface area (Å²) in [7, 11) is 0.